The molecule has 1 aromatic heterocycles. The SMILES string of the molecule is O=C1CCCC2=C1C(c1cccc(F)c1)n1nc(SCc3ccc([N+](=O)[O-])cc3)nc1N2. The Morgan fingerprint density at radius 2 is 2.03 bits per heavy atom. The second-order valence-corrected chi connectivity index (χ2v) is 8.57. The first kappa shape index (κ1) is 20.4. The number of ketones is 1. The molecule has 0 saturated heterocycles. The monoisotopic (exact) mass is 451 g/mol. The highest BCUT2D eigenvalue weighted by Gasteiger charge is 2.37. The third kappa shape index (κ3) is 3.77. The molecule has 0 spiro atoms. The van der Waals surface area contributed by atoms with E-state index in [2.05, 4.69) is 15.4 Å². The first-order chi connectivity index (χ1) is 15.5. The topological polar surface area (TPSA) is 103 Å². The zero-order valence-electron chi connectivity index (χ0n) is 16.8. The Hall–Kier alpha value is -3.53. The Bertz CT molecular complexity index is 1250. The van der Waals surface area contributed by atoms with Gasteiger partial charge in [0.05, 0.1) is 4.92 Å². The van der Waals surface area contributed by atoms with Gasteiger partial charge in [0, 0.05) is 35.6 Å². The van der Waals surface area contributed by atoms with Crippen molar-refractivity contribution in [3.63, 3.8) is 0 Å². The molecule has 1 aliphatic heterocycles. The number of benzene rings is 2. The minimum atomic E-state index is -0.536. The van der Waals surface area contributed by atoms with Gasteiger partial charge in [0.15, 0.2) is 5.78 Å². The molecule has 2 aromatic carbocycles. The molecule has 0 saturated carbocycles. The Morgan fingerprint density at radius 3 is 2.78 bits per heavy atom. The third-order valence-electron chi connectivity index (χ3n) is 5.53. The predicted octanol–water partition coefficient (Wildman–Crippen LogP) is 4.64. The number of hydrogen-bond acceptors (Lipinski definition) is 7. The Kier molecular flexibility index (Phi) is 5.22. The zero-order chi connectivity index (χ0) is 22.2. The summed E-state index contributed by atoms with van der Waals surface area (Å²) in [5.41, 5.74) is 3.02. The van der Waals surface area contributed by atoms with Crippen LogP contribution in [-0.4, -0.2) is 25.5 Å². The van der Waals surface area contributed by atoms with E-state index >= 15 is 0 Å². The molecule has 1 unspecified atom stereocenters. The molecule has 0 amide bonds. The zero-order valence-corrected chi connectivity index (χ0v) is 17.6. The first-order valence-electron chi connectivity index (χ1n) is 10.1. The number of nitrogens with one attached hydrogen (secondary N) is 1. The highest BCUT2D eigenvalue weighted by atomic mass is 32.2. The highest BCUT2D eigenvalue weighted by Crippen LogP contribution is 2.40. The third-order valence-corrected chi connectivity index (χ3v) is 6.44. The van der Waals surface area contributed by atoms with Gasteiger partial charge in [-0.2, -0.15) is 4.98 Å². The van der Waals surface area contributed by atoms with Crippen LogP contribution in [0.15, 0.2) is 65.0 Å². The van der Waals surface area contributed by atoms with Gasteiger partial charge in [-0.1, -0.05) is 36.0 Å². The largest absolute Gasteiger partial charge is 0.328 e. The van der Waals surface area contributed by atoms with E-state index in [1.54, 1.807) is 28.9 Å². The summed E-state index contributed by atoms with van der Waals surface area (Å²) in [5.74, 6) is 0.701. The van der Waals surface area contributed by atoms with Crippen LogP contribution in [0.4, 0.5) is 16.0 Å². The quantitative estimate of drug-likeness (QED) is 0.342. The number of nitro groups is 1. The standard InChI is InChI=1S/C22H18FN5O3S/c23-15-4-1-3-14(11-15)20-19-17(5-2-6-18(19)29)24-21-25-22(26-27(20)21)32-12-13-7-9-16(10-8-13)28(30)31/h1,3-4,7-11,20H,2,5-6,12H2,(H,24,25,26). The van der Waals surface area contributed by atoms with Gasteiger partial charge in [0.1, 0.15) is 11.9 Å². The molecule has 162 valence electrons. The van der Waals surface area contributed by atoms with E-state index in [0.29, 0.717) is 34.4 Å². The lowest BCUT2D eigenvalue weighted by Crippen LogP contribution is -2.31. The van der Waals surface area contributed by atoms with E-state index < -0.39 is 11.0 Å². The number of Topliss-reactive ketones (excluding diaryl/α,β-unsaturated/α-hetero) is 1. The van der Waals surface area contributed by atoms with E-state index in [9.17, 15) is 19.3 Å². The van der Waals surface area contributed by atoms with Crippen LogP contribution in [-0.2, 0) is 10.5 Å². The van der Waals surface area contributed by atoms with Gasteiger partial charge in [-0.05, 0) is 36.1 Å². The van der Waals surface area contributed by atoms with Crippen LogP contribution in [0, 0.1) is 15.9 Å². The van der Waals surface area contributed by atoms with Crippen molar-refractivity contribution in [1.82, 2.24) is 14.8 Å². The average Bonchev–Trinajstić information content (AvgIpc) is 3.19. The van der Waals surface area contributed by atoms with Crippen molar-refractivity contribution >= 4 is 29.2 Å². The van der Waals surface area contributed by atoms with E-state index in [1.807, 2.05) is 0 Å². The van der Waals surface area contributed by atoms with Gasteiger partial charge in [-0.3, -0.25) is 14.9 Å². The second kappa shape index (κ2) is 8.19. The van der Waals surface area contributed by atoms with E-state index in [0.717, 1.165) is 24.1 Å². The molecular formula is C22H18FN5O3S. The van der Waals surface area contributed by atoms with E-state index in [4.69, 9.17) is 0 Å². The van der Waals surface area contributed by atoms with Crippen molar-refractivity contribution in [3.8, 4) is 0 Å². The van der Waals surface area contributed by atoms with Crippen molar-refractivity contribution in [2.45, 2.75) is 36.2 Å². The number of fused-ring (bicyclic) bond motifs is 1. The molecule has 2 heterocycles. The number of nitro benzene ring substituents is 1. The van der Waals surface area contributed by atoms with Gasteiger partial charge in [0.25, 0.3) is 5.69 Å². The maximum Gasteiger partial charge on any atom is 0.269 e. The number of hydrogen-bond donors (Lipinski definition) is 1. The highest BCUT2D eigenvalue weighted by molar-refractivity contribution is 7.98. The number of carbonyl (C=O) groups excluding carboxylic acids is 1. The molecule has 1 N–H and O–H groups in total. The number of halogens is 1. The lowest BCUT2D eigenvalue weighted by molar-refractivity contribution is -0.384. The number of carbonyl (C=O) groups is 1. The summed E-state index contributed by atoms with van der Waals surface area (Å²) in [6.45, 7) is 0. The summed E-state index contributed by atoms with van der Waals surface area (Å²) in [6, 6.07) is 12.0. The molecule has 10 heteroatoms. The van der Waals surface area contributed by atoms with Gasteiger partial charge in [0.2, 0.25) is 11.1 Å². The molecular weight excluding hydrogens is 433 g/mol. The van der Waals surface area contributed by atoms with Crippen molar-refractivity contribution in [2.75, 3.05) is 5.32 Å². The van der Waals surface area contributed by atoms with Gasteiger partial charge in [-0.25, -0.2) is 9.07 Å². The van der Waals surface area contributed by atoms with Gasteiger partial charge < -0.3 is 5.32 Å². The predicted molar refractivity (Wildman–Crippen MR) is 117 cm³/mol. The van der Waals surface area contributed by atoms with Crippen LogP contribution < -0.4 is 5.32 Å². The molecule has 2 aliphatic rings. The maximum atomic E-state index is 14.0. The minimum absolute atomic E-state index is 0.0363. The van der Waals surface area contributed by atoms with Crippen LogP contribution in [0.2, 0.25) is 0 Å². The number of nitrogens with zero attached hydrogens (tertiary/aromatic N) is 4. The summed E-state index contributed by atoms with van der Waals surface area (Å²) in [6.07, 6.45) is 1.94. The molecule has 1 aliphatic carbocycles. The lowest BCUT2D eigenvalue weighted by Gasteiger charge is -2.32. The van der Waals surface area contributed by atoms with Crippen molar-refractivity contribution in [2.24, 2.45) is 0 Å². The molecule has 5 rings (SSSR count). The van der Waals surface area contributed by atoms with Gasteiger partial charge >= 0.3 is 0 Å². The number of rotatable bonds is 5. The summed E-state index contributed by atoms with van der Waals surface area (Å²) in [7, 11) is 0. The van der Waals surface area contributed by atoms with Crippen LogP contribution in [0.3, 0.4) is 0 Å². The van der Waals surface area contributed by atoms with E-state index in [-0.39, 0.29) is 17.3 Å². The Balaban J connectivity index is 1.45. The van der Waals surface area contributed by atoms with Crippen molar-refractivity contribution < 1.29 is 14.1 Å². The summed E-state index contributed by atoms with van der Waals surface area (Å²) < 4.78 is 15.7. The second-order valence-electron chi connectivity index (χ2n) is 7.63. The average molecular weight is 451 g/mol. The van der Waals surface area contributed by atoms with Crippen LogP contribution in [0.25, 0.3) is 0 Å². The van der Waals surface area contributed by atoms with Crippen LogP contribution in [0.5, 0.6) is 0 Å². The summed E-state index contributed by atoms with van der Waals surface area (Å²) in [4.78, 5) is 27.8. The minimum Gasteiger partial charge on any atom is -0.328 e. The molecule has 3 aromatic rings. The lowest BCUT2D eigenvalue weighted by atomic mass is 9.85. The van der Waals surface area contributed by atoms with Crippen LogP contribution >= 0.6 is 11.8 Å². The number of non-ortho nitro benzene ring substituents is 1. The Morgan fingerprint density at radius 1 is 1.22 bits per heavy atom. The van der Waals surface area contributed by atoms with Crippen molar-refractivity contribution in [3.05, 3.63) is 86.9 Å². The Labute approximate surface area is 186 Å². The molecule has 1 atom stereocenters. The fourth-order valence-corrected chi connectivity index (χ4v) is 4.83. The van der Waals surface area contributed by atoms with Crippen LogP contribution in [0.1, 0.15) is 36.4 Å². The first-order valence-corrected chi connectivity index (χ1v) is 11.1. The normalized spacial score (nSPS) is 17.5. The fourth-order valence-electron chi connectivity index (χ4n) is 4.04. The molecule has 8 nitrogen and oxygen atoms in total. The molecule has 0 bridgehead atoms. The molecule has 32 heavy (non-hydrogen) atoms. The van der Waals surface area contributed by atoms with Crippen molar-refractivity contribution in [1.29, 1.82) is 0 Å². The summed E-state index contributed by atoms with van der Waals surface area (Å²) in [5, 5.41) is 19.2. The maximum absolute atomic E-state index is 14.0. The number of thioether (sulfide) groups is 1. The summed E-state index contributed by atoms with van der Waals surface area (Å²) >= 11 is 1.39. The molecule has 0 fully saturated rings. The smallest absolute Gasteiger partial charge is 0.269 e. The number of allylic oxidation sites excluding steroid dienone is 2. The fraction of sp³-hybridized carbons (Fsp3) is 0.227. The van der Waals surface area contributed by atoms with Gasteiger partial charge in [-0.15, -0.1) is 5.10 Å². The number of aromatic nitrogens is 3. The number of anilines is 1. The molecule has 0 radical (unpaired) electrons. The van der Waals surface area contributed by atoms with E-state index in [1.165, 1.54) is 36.0 Å².